The molecule has 0 fully saturated rings. The van der Waals surface area contributed by atoms with Gasteiger partial charge in [-0.3, -0.25) is 5.41 Å². The van der Waals surface area contributed by atoms with E-state index in [2.05, 4.69) is 11.9 Å². The Kier molecular flexibility index (Phi) is 4.77. The van der Waals surface area contributed by atoms with Crippen molar-refractivity contribution in [2.24, 2.45) is 10.7 Å². The predicted molar refractivity (Wildman–Crippen MR) is 84.1 cm³/mol. The fourth-order valence-corrected chi connectivity index (χ4v) is 1.79. The Labute approximate surface area is 124 Å². The zero-order valence-electron chi connectivity index (χ0n) is 12.0. The number of hydrogen-bond acceptors (Lipinski definition) is 5. The Balaban J connectivity index is 2.22. The molecule has 0 atom stereocenters. The van der Waals surface area contributed by atoms with Gasteiger partial charge in [0.15, 0.2) is 0 Å². The quantitative estimate of drug-likeness (QED) is 0.573. The number of nitrogens with two attached hydrogens (primary N) is 1. The van der Waals surface area contributed by atoms with E-state index in [9.17, 15) is 5.11 Å². The molecule has 4 N–H and O–H groups in total. The van der Waals surface area contributed by atoms with E-state index in [1.807, 2.05) is 0 Å². The van der Waals surface area contributed by atoms with Gasteiger partial charge >= 0.3 is 0 Å². The van der Waals surface area contributed by atoms with Crippen molar-refractivity contribution in [3.8, 4) is 5.75 Å². The van der Waals surface area contributed by atoms with Crippen LogP contribution in [-0.4, -0.2) is 23.1 Å². The lowest BCUT2D eigenvalue weighted by Crippen LogP contribution is -2.19. The van der Waals surface area contributed by atoms with Crippen molar-refractivity contribution in [2.45, 2.75) is 19.8 Å². The van der Waals surface area contributed by atoms with Crippen LogP contribution in [0.25, 0.3) is 0 Å². The summed E-state index contributed by atoms with van der Waals surface area (Å²) in [4.78, 5) is 4.41. The maximum Gasteiger partial charge on any atom is 0.146 e. The van der Waals surface area contributed by atoms with E-state index in [4.69, 9.17) is 15.9 Å². The van der Waals surface area contributed by atoms with Crippen LogP contribution in [0, 0.1) is 5.41 Å². The van der Waals surface area contributed by atoms with Crippen LogP contribution in [0.15, 0.2) is 52.9 Å². The monoisotopic (exact) mass is 285 g/mol. The summed E-state index contributed by atoms with van der Waals surface area (Å²) < 4.78 is 5.59. The third kappa shape index (κ3) is 3.95. The number of hydrogen-bond donors (Lipinski definition) is 3. The first-order valence-electron chi connectivity index (χ1n) is 6.89. The summed E-state index contributed by atoms with van der Waals surface area (Å²) in [6.45, 7) is 2.66. The number of unbranched alkanes of at least 4 members (excludes halogenated alkanes) is 1. The molecule has 0 amide bonds. The van der Waals surface area contributed by atoms with Crippen LogP contribution in [0.3, 0.4) is 0 Å². The maximum absolute atomic E-state index is 9.27. The number of phenolic OH excluding ortho intramolecular Hbond substituents is 1. The molecule has 0 heterocycles. The fourth-order valence-electron chi connectivity index (χ4n) is 1.79. The molecule has 110 valence electrons. The normalized spacial score (nSPS) is 16.6. The van der Waals surface area contributed by atoms with Crippen molar-refractivity contribution >= 4 is 17.1 Å². The molecule has 1 aromatic carbocycles. The highest BCUT2D eigenvalue weighted by Crippen LogP contribution is 2.20. The summed E-state index contributed by atoms with van der Waals surface area (Å²) in [5.74, 6) is 0.669. The van der Waals surface area contributed by atoms with Crippen LogP contribution in [-0.2, 0) is 4.74 Å². The highest BCUT2D eigenvalue weighted by Gasteiger charge is 2.15. The van der Waals surface area contributed by atoms with Gasteiger partial charge in [0.25, 0.3) is 0 Å². The van der Waals surface area contributed by atoms with Crippen LogP contribution >= 0.6 is 0 Å². The van der Waals surface area contributed by atoms with Crippen LogP contribution in [0.2, 0.25) is 0 Å². The van der Waals surface area contributed by atoms with Gasteiger partial charge in [-0.2, -0.15) is 0 Å². The number of benzene rings is 1. The van der Waals surface area contributed by atoms with E-state index < -0.39 is 0 Å². The highest BCUT2D eigenvalue weighted by atomic mass is 16.5. The van der Waals surface area contributed by atoms with Crippen molar-refractivity contribution in [2.75, 3.05) is 6.61 Å². The molecule has 0 unspecified atom stereocenters. The molecule has 0 bridgehead atoms. The molecule has 21 heavy (non-hydrogen) atoms. The van der Waals surface area contributed by atoms with Crippen molar-refractivity contribution in [3.63, 3.8) is 0 Å². The summed E-state index contributed by atoms with van der Waals surface area (Å²) in [5, 5.41) is 17.1. The minimum Gasteiger partial charge on any atom is -0.508 e. The number of phenols is 1. The second kappa shape index (κ2) is 6.74. The maximum atomic E-state index is 9.27. The van der Waals surface area contributed by atoms with Gasteiger partial charge < -0.3 is 15.6 Å². The first kappa shape index (κ1) is 14.8. The Morgan fingerprint density at radius 1 is 1.24 bits per heavy atom. The summed E-state index contributed by atoms with van der Waals surface area (Å²) in [7, 11) is 0. The molecule has 5 heteroatoms. The van der Waals surface area contributed by atoms with Crippen LogP contribution in [0.4, 0.5) is 5.69 Å². The Hall–Kier alpha value is -2.56. The lowest BCUT2D eigenvalue weighted by atomic mass is 10.1. The molecule has 1 aromatic rings. The van der Waals surface area contributed by atoms with Crippen LogP contribution < -0.4 is 5.73 Å². The summed E-state index contributed by atoms with van der Waals surface area (Å²) in [6, 6.07) is 6.51. The van der Waals surface area contributed by atoms with Crippen molar-refractivity contribution < 1.29 is 9.84 Å². The van der Waals surface area contributed by atoms with E-state index in [1.54, 1.807) is 36.4 Å². The number of nitrogens with zero attached hydrogens (tertiary/aromatic N) is 1. The van der Waals surface area contributed by atoms with Gasteiger partial charge in [-0.15, -0.1) is 0 Å². The number of nitrogens with one attached hydrogen (secondary N) is 1. The standard InChI is InChI=1S/C16H19N3O2/c1-2-3-8-21-16-10-15(13(17)9-14(16)18)19-11-4-6-12(20)7-5-11/h4-7,9-10,18,20H,2-3,8,17H2,1H3/b18-14?,19-15-. The summed E-state index contributed by atoms with van der Waals surface area (Å²) in [5.41, 5.74) is 7.82. The van der Waals surface area contributed by atoms with Crippen LogP contribution in [0.1, 0.15) is 19.8 Å². The molecule has 2 rings (SSSR count). The van der Waals surface area contributed by atoms with E-state index in [-0.39, 0.29) is 11.5 Å². The molecule has 1 aliphatic rings. The average Bonchev–Trinajstić information content (AvgIpc) is 2.46. The van der Waals surface area contributed by atoms with Gasteiger partial charge in [-0.05, 0) is 36.8 Å². The third-order valence-electron chi connectivity index (χ3n) is 2.98. The minimum atomic E-state index is 0.187. The largest absolute Gasteiger partial charge is 0.508 e. The van der Waals surface area contributed by atoms with E-state index in [1.165, 1.54) is 0 Å². The lowest BCUT2D eigenvalue weighted by Gasteiger charge is -2.15. The zero-order valence-corrected chi connectivity index (χ0v) is 12.0. The van der Waals surface area contributed by atoms with Gasteiger partial charge in [0, 0.05) is 6.08 Å². The molecular formula is C16H19N3O2. The molecule has 0 radical (unpaired) electrons. The summed E-state index contributed by atoms with van der Waals surface area (Å²) >= 11 is 0. The van der Waals surface area contributed by atoms with E-state index >= 15 is 0 Å². The van der Waals surface area contributed by atoms with E-state index in [0.717, 1.165) is 12.8 Å². The number of aliphatic imine (C=N–C) groups is 1. The SMILES string of the molecule is CCCCOC1=C/C(=N/c2ccc(O)cc2)C(N)=CC1=N. The average molecular weight is 285 g/mol. The number of ether oxygens (including phenoxy) is 1. The molecule has 0 saturated heterocycles. The highest BCUT2D eigenvalue weighted by molar-refractivity contribution is 6.22. The molecule has 0 aromatic heterocycles. The van der Waals surface area contributed by atoms with Gasteiger partial charge in [-0.25, -0.2) is 4.99 Å². The van der Waals surface area contributed by atoms with Gasteiger partial charge in [0.2, 0.25) is 0 Å². The van der Waals surface area contributed by atoms with Crippen molar-refractivity contribution in [3.05, 3.63) is 47.9 Å². The lowest BCUT2D eigenvalue weighted by molar-refractivity contribution is 0.226. The number of allylic oxidation sites excluding steroid dienone is 2. The fraction of sp³-hybridized carbons (Fsp3) is 0.250. The van der Waals surface area contributed by atoms with Crippen molar-refractivity contribution in [1.29, 1.82) is 5.41 Å². The van der Waals surface area contributed by atoms with Gasteiger partial charge in [0.1, 0.15) is 11.5 Å². The van der Waals surface area contributed by atoms with Gasteiger partial charge in [-0.1, -0.05) is 13.3 Å². The third-order valence-corrected chi connectivity index (χ3v) is 2.98. The molecular weight excluding hydrogens is 266 g/mol. The molecule has 5 nitrogen and oxygen atoms in total. The molecule has 0 saturated carbocycles. The second-order valence-corrected chi connectivity index (χ2v) is 4.74. The molecule has 0 spiro atoms. The van der Waals surface area contributed by atoms with Crippen molar-refractivity contribution in [1.82, 2.24) is 0 Å². The minimum absolute atomic E-state index is 0.187. The first-order chi connectivity index (χ1) is 10.1. The first-order valence-corrected chi connectivity index (χ1v) is 6.89. The summed E-state index contributed by atoms with van der Waals surface area (Å²) in [6.07, 6.45) is 5.20. The topological polar surface area (TPSA) is 91.7 Å². The Morgan fingerprint density at radius 3 is 2.62 bits per heavy atom. The smallest absolute Gasteiger partial charge is 0.146 e. The predicted octanol–water partition coefficient (Wildman–Crippen LogP) is 3.04. The number of rotatable bonds is 5. The Morgan fingerprint density at radius 2 is 1.95 bits per heavy atom. The number of aromatic hydroxyl groups is 1. The molecule has 1 aliphatic carbocycles. The van der Waals surface area contributed by atoms with Crippen LogP contribution in [0.5, 0.6) is 5.75 Å². The van der Waals surface area contributed by atoms with E-state index in [0.29, 0.717) is 29.5 Å². The molecule has 0 aliphatic heterocycles. The zero-order chi connectivity index (χ0) is 15.2. The second-order valence-electron chi connectivity index (χ2n) is 4.74. The Bertz CT molecular complexity index is 613. The van der Waals surface area contributed by atoms with Gasteiger partial charge in [0.05, 0.1) is 29.4 Å².